The van der Waals surface area contributed by atoms with Crippen molar-refractivity contribution in [1.82, 2.24) is 0 Å². The SMILES string of the molecule is C1=CC(/C=C/c2ccccc2)CC=C1/C=C/c1ccccc1. The van der Waals surface area contributed by atoms with Crippen LogP contribution in [0.1, 0.15) is 17.5 Å². The highest BCUT2D eigenvalue weighted by Crippen LogP contribution is 2.20. The molecule has 2 aromatic rings. The van der Waals surface area contributed by atoms with Gasteiger partial charge in [0, 0.05) is 0 Å². The van der Waals surface area contributed by atoms with Crippen molar-refractivity contribution in [3.8, 4) is 0 Å². The van der Waals surface area contributed by atoms with Gasteiger partial charge < -0.3 is 0 Å². The Hall–Kier alpha value is -2.60. The zero-order valence-corrected chi connectivity index (χ0v) is 12.6. The lowest BCUT2D eigenvalue weighted by molar-refractivity contribution is 0.821. The summed E-state index contributed by atoms with van der Waals surface area (Å²) < 4.78 is 0. The van der Waals surface area contributed by atoms with Crippen LogP contribution in [0.2, 0.25) is 0 Å². The minimum atomic E-state index is 0.495. The first-order valence-electron chi connectivity index (χ1n) is 7.75. The van der Waals surface area contributed by atoms with Gasteiger partial charge in [-0.25, -0.2) is 0 Å². The van der Waals surface area contributed by atoms with Gasteiger partial charge in [0.05, 0.1) is 0 Å². The van der Waals surface area contributed by atoms with Gasteiger partial charge in [-0.05, 0) is 29.0 Å². The summed E-state index contributed by atoms with van der Waals surface area (Å²) in [5.74, 6) is 0.495. The molecule has 0 amide bonds. The number of benzene rings is 2. The van der Waals surface area contributed by atoms with Crippen molar-refractivity contribution in [2.24, 2.45) is 5.92 Å². The Morgan fingerprint density at radius 1 is 0.727 bits per heavy atom. The maximum Gasteiger partial charge on any atom is -0.00120 e. The standard InChI is InChI=1S/C22H20/c1-3-7-19(8-4-1)11-13-21-15-17-22(18-16-21)14-12-20-9-5-2-6-10-20/h1-17,22H,18H2/b13-11+,14-12+. The van der Waals surface area contributed by atoms with Crippen LogP contribution in [0, 0.1) is 5.92 Å². The Kier molecular flexibility index (Phi) is 4.84. The molecule has 1 aliphatic carbocycles. The summed E-state index contributed by atoms with van der Waals surface area (Å²) >= 11 is 0. The first kappa shape index (κ1) is 14.3. The molecular formula is C22H20. The fourth-order valence-corrected chi connectivity index (χ4v) is 2.48. The monoisotopic (exact) mass is 284 g/mol. The molecule has 1 atom stereocenters. The van der Waals surface area contributed by atoms with Crippen molar-refractivity contribution >= 4 is 12.2 Å². The first-order chi connectivity index (χ1) is 10.9. The van der Waals surface area contributed by atoms with E-state index in [9.17, 15) is 0 Å². The van der Waals surface area contributed by atoms with Gasteiger partial charge in [0.25, 0.3) is 0 Å². The largest absolute Gasteiger partial charge is 0.0767 e. The van der Waals surface area contributed by atoms with Crippen LogP contribution in [0.5, 0.6) is 0 Å². The van der Waals surface area contributed by atoms with Gasteiger partial charge in [-0.2, -0.15) is 0 Å². The zero-order chi connectivity index (χ0) is 15.0. The average Bonchev–Trinajstić information content (AvgIpc) is 2.61. The van der Waals surface area contributed by atoms with E-state index in [0.717, 1.165) is 6.42 Å². The summed E-state index contributed by atoms with van der Waals surface area (Å²) in [4.78, 5) is 0. The van der Waals surface area contributed by atoms with E-state index in [0.29, 0.717) is 5.92 Å². The van der Waals surface area contributed by atoms with Crippen molar-refractivity contribution in [2.75, 3.05) is 0 Å². The Morgan fingerprint density at radius 2 is 1.36 bits per heavy atom. The third-order valence-corrected chi connectivity index (χ3v) is 3.76. The van der Waals surface area contributed by atoms with Crippen LogP contribution in [-0.4, -0.2) is 0 Å². The van der Waals surface area contributed by atoms with Gasteiger partial charge in [0.15, 0.2) is 0 Å². The highest BCUT2D eigenvalue weighted by atomic mass is 14.1. The number of hydrogen-bond acceptors (Lipinski definition) is 0. The molecule has 0 N–H and O–H groups in total. The fourth-order valence-electron chi connectivity index (χ4n) is 2.48. The van der Waals surface area contributed by atoms with Crippen molar-refractivity contribution in [1.29, 1.82) is 0 Å². The molecule has 0 bridgehead atoms. The summed E-state index contributed by atoms with van der Waals surface area (Å²) in [5, 5.41) is 0. The Balaban J connectivity index is 1.58. The van der Waals surface area contributed by atoms with Gasteiger partial charge in [0.2, 0.25) is 0 Å². The third-order valence-electron chi connectivity index (χ3n) is 3.76. The quantitative estimate of drug-likeness (QED) is 0.654. The topological polar surface area (TPSA) is 0 Å². The lowest BCUT2D eigenvalue weighted by Crippen LogP contribution is -1.95. The van der Waals surface area contributed by atoms with Crippen LogP contribution in [0.15, 0.2) is 96.6 Å². The van der Waals surface area contributed by atoms with Gasteiger partial charge >= 0.3 is 0 Å². The highest BCUT2D eigenvalue weighted by Gasteiger charge is 2.03. The van der Waals surface area contributed by atoms with Gasteiger partial charge in [0.1, 0.15) is 0 Å². The molecule has 2 aromatic carbocycles. The summed E-state index contributed by atoms with van der Waals surface area (Å²) in [6.07, 6.45) is 16.7. The summed E-state index contributed by atoms with van der Waals surface area (Å²) in [5.41, 5.74) is 3.78. The van der Waals surface area contributed by atoms with Crippen molar-refractivity contribution in [3.05, 3.63) is 108 Å². The van der Waals surface area contributed by atoms with Gasteiger partial charge in [-0.3, -0.25) is 0 Å². The molecule has 0 heterocycles. The normalized spacial score (nSPS) is 18.0. The molecule has 0 heteroatoms. The molecule has 0 nitrogen and oxygen atoms in total. The van der Waals surface area contributed by atoms with Gasteiger partial charge in [-0.15, -0.1) is 0 Å². The van der Waals surface area contributed by atoms with E-state index < -0.39 is 0 Å². The smallest absolute Gasteiger partial charge is 0.00120 e. The Bertz CT molecular complexity index is 700. The van der Waals surface area contributed by atoms with Crippen LogP contribution in [0.4, 0.5) is 0 Å². The maximum absolute atomic E-state index is 2.30. The van der Waals surface area contributed by atoms with E-state index in [2.05, 4.69) is 91.1 Å². The van der Waals surface area contributed by atoms with E-state index in [1.54, 1.807) is 0 Å². The second-order valence-electron chi connectivity index (χ2n) is 5.48. The molecule has 0 saturated heterocycles. The Morgan fingerprint density at radius 3 is 1.95 bits per heavy atom. The van der Waals surface area contributed by atoms with Crippen LogP contribution in [0.25, 0.3) is 12.2 Å². The number of hydrogen-bond donors (Lipinski definition) is 0. The summed E-state index contributed by atoms with van der Waals surface area (Å²) in [6, 6.07) is 20.9. The van der Waals surface area contributed by atoms with E-state index in [4.69, 9.17) is 0 Å². The maximum atomic E-state index is 2.30. The molecule has 0 fully saturated rings. The molecular weight excluding hydrogens is 264 g/mol. The summed E-state index contributed by atoms with van der Waals surface area (Å²) in [7, 11) is 0. The lowest BCUT2D eigenvalue weighted by atomic mass is 9.95. The van der Waals surface area contributed by atoms with E-state index in [1.165, 1.54) is 16.7 Å². The molecule has 1 aliphatic rings. The molecule has 0 aliphatic heterocycles. The number of rotatable bonds is 4. The molecule has 0 aromatic heterocycles. The van der Waals surface area contributed by atoms with E-state index in [1.807, 2.05) is 12.1 Å². The first-order valence-corrected chi connectivity index (χ1v) is 7.75. The van der Waals surface area contributed by atoms with Crippen LogP contribution in [0.3, 0.4) is 0 Å². The zero-order valence-electron chi connectivity index (χ0n) is 12.6. The average molecular weight is 284 g/mol. The lowest BCUT2D eigenvalue weighted by Gasteiger charge is -2.10. The third kappa shape index (κ3) is 4.20. The van der Waals surface area contributed by atoms with Crippen molar-refractivity contribution in [3.63, 3.8) is 0 Å². The van der Waals surface area contributed by atoms with Gasteiger partial charge in [-0.1, -0.05) is 103 Å². The minimum absolute atomic E-state index is 0.495. The predicted molar refractivity (Wildman–Crippen MR) is 96.3 cm³/mol. The molecule has 0 saturated carbocycles. The highest BCUT2D eigenvalue weighted by molar-refractivity contribution is 5.55. The number of allylic oxidation sites excluding steroid dienone is 6. The molecule has 3 rings (SSSR count). The fraction of sp³-hybridized carbons (Fsp3) is 0.0909. The van der Waals surface area contributed by atoms with Crippen molar-refractivity contribution < 1.29 is 0 Å². The second kappa shape index (κ2) is 7.42. The van der Waals surface area contributed by atoms with Crippen LogP contribution in [-0.2, 0) is 0 Å². The second-order valence-corrected chi connectivity index (χ2v) is 5.48. The van der Waals surface area contributed by atoms with Crippen molar-refractivity contribution in [2.45, 2.75) is 6.42 Å². The van der Waals surface area contributed by atoms with Crippen LogP contribution < -0.4 is 0 Å². The van der Waals surface area contributed by atoms with E-state index in [-0.39, 0.29) is 0 Å². The molecule has 22 heavy (non-hydrogen) atoms. The molecule has 0 spiro atoms. The van der Waals surface area contributed by atoms with Crippen LogP contribution >= 0.6 is 0 Å². The van der Waals surface area contributed by atoms with E-state index >= 15 is 0 Å². The minimum Gasteiger partial charge on any atom is -0.0767 e. The molecule has 0 radical (unpaired) electrons. The Labute approximate surface area is 132 Å². The molecule has 1 unspecified atom stereocenters. The summed E-state index contributed by atoms with van der Waals surface area (Å²) in [6.45, 7) is 0. The predicted octanol–water partition coefficient (Wildman–Crippen LogP) is 5.92. The molecule has 108 valence electrons.